The number of sulfone groups is 1. The highest BCUT2D eigenvalue weighted by Gasteiger charge is 2.22. The molecule has 0 saturated carbocycles. The first-order valence-corrected chi connectivity index (χ1v) is 11.2. The van der Waals surface area contributed by atoms with Gasteiger partial charge in [0.15, 0.2) is 5.96 Å². The van der Waals surface area contributed by atoms with Crippen LogP contribution in [0.3, 0.4) is 0 Å². The molecule has 0 aliphatic carbocycles. The minimum atomic E-state index is -2.93. The lowest BCUT2D eigenvalue weighted by Crippen LogP contribution is -2.52. The summed E-state index contributed by atoms with van der Waals surface area (Å²) in [7, 11) is -1.19. The van der Waals surface area contributed by atoms with Crippen LogP contribution in [0.4, 0.5) is 0 Å². The zero-order chi connectivity index (χ0) is 18.9. The molecule has 0 aromatic rings. The predicted molar refractivity (Wildman–Crippen MR) is 104 cm³/mol. The highest BCUT2D eigenvalue weighted by atomic mass is 32.2. The molecule has 1 heterocycles. The highest BCUT2D eigenvalue weighted by molar-refractivity contribution is 7.90. The number of nitrogens with zero attached hydrogens (tertiary/aromatic N) is 2. The Morgan fingerprint density at radius 2 is 1.88 bits per heavy atom. The minimum absolute atomic E-state index is 0.0489. The van der Waals surface area contributed by atoms with E-state index in [9.17, 15) is 8.42 Å². The van der Waals surface area contributed by atoms with Gasteiger partial charge in [0.2, 0.25) is 0 Å². The van der Waals surface area contributed by atoms with E-state index in [0.717, 1.165) is 45.2 Å². The number of nitrogens with one attached hydrogen (secondary N) is 2. The summed E-state index contributed by atoms with van der Waals surface area (Å²) in [5, 5.41) is 6.69. The van der Waals surface area contributed by atoms with Crippen molar-refractivity contribution in [2.45, 2.75) is 45.7 Å². The number of hydrogen-bond acceptors (Lipinski definition) is 5. The molecule has 1 fully saturated rings. The molecule has 0 radical (unpaired) electrons. The molecule has 2 atom stereocenters. The van der Waals surface area contributed by atoms with Gasteiger partial charge in [-0.15, -0.1) is 0 Å². The largest absolute Gasteiger partial charge is 0.379 e. The third kappa shape index (κ3) is 10.0. The lowest BCUT2D eigenvalue weighted by atomic mass is 10.0. The van der Waals surface area contributed by atoms with E-state index in [4.69, 9.17) is 4.74 Å². The summed E-state index contributed by atoms with van der Waals surface area (Å²) in [6.07, 6.45) is 2.96. The third-order valence-electron chi connectivity index (χ3n) is 4.34. The monoisotopic (exact) mass is 376 g/mol. The first-order valence-electron chi connectivity index (χ1n) is 9.18. The maximum absolute atomic E-state index is 11.3. The van der Waals surface area contributed by atoms with E-state index in [1.165, 1.54) is 6.26 Å². The van der Waals surface area contributed by atoms with Gasteiger partial charge in [0.1, 0.15) is 9.84 Å². The average Bonchev–Trinajstić information content (AvgIpc) is 2.55. The van der Waals surface area contributed by atoms with Crippen LogP contribution in [0.1, 0.15) is 33.6 Å². The molecule has 0 bridgehead atoms. The Morgan fingerprint density at radius 1 is 1.24 bits per heavy atom. The maximum Gasteiger partial charge on any atom is 0.191 e. The Morgan fingerprint density at radius 3 is 2.40 bits per heavy atom. The summed E-state index contributed by atoms with van der Waals surface area (Å²) in [5.74, 6) is 1.53. The molecule has 1 aliphatic rings. The van der Waals surface area contributed by atoms with Gasteiger partial charge in [0.25, 0.3) is 0 Å². The number of guanidine groups is 1. The van der Waals surface area contributed by atoms with Gasteiger partial charge in [0, 0.05) is 45.0 Å². The molecule has 8 heteroatoms. The van der Waals surface area contributed by atoms with Crippen molar-refractivity contribution in [3.8, 4) is 0 Å². The van der Waals surface area contributed by atoms with Crippen LogP contribution in [0.2, 0.25) is 0 Å². The number of hydrogen-bond donors (Lipinski definition) is 2. The van der Waals surface area contributed by atoms with Gasteiger partial charge in [-0.3, -0.25) is 9.89 Å². The van der Waals surface area contributed by atoms with Gasteiger partial charge >= 0.3 is 0 Å². The van der Waals surface area contributed by atoms with Gasteiger partial charge in [-0.1, -0.05) is 13.8 Å². The van der Waals surface area contributed by atoms with E-state index in [0.29, 0.717) is 18.4 Å². The first-order chi connectivity index (χ1) is 11.7. The van der Waals surface area contributed by atoms with Crippen molar-refractivity contribution in [3.05, 3.63) is 0 Å². The van der Waals surface area contributed by atoms with Crippen molar-refractivity contribution in [1.82, 2.24) is 15.5 Å². The molecule has 0 spiro atoms. The van der Waals surface area contributed by atoms with E-state index < -0.39 is 9.84 Å². The second-order valence-electron chi connectivity index (χ2n) is 7.35. The highest BCUT2D eigenvalue weighted by Crippen LogP contribution is 2.13. The van der Waals surface area contributed by atoms with E-state index in [1.54, 1.807) is 7.05 Å². The first kappa shape index (κ1) is 22.2. The zero-order valence-electron chi connectivity index (χ0n) is 16.4. The predicted octanol–water partition coefficient (Wildman–Crippen LogP) is 0.722. The fourth-order valence-corrected chi connectivity index (χ4v) is 3.74. The summed E-state index contributed by atoms with van der Waals surface area (Å²) in [4.78, 5) is 6.75. The van der Waals surface area contributed by atoms with Crippen molar-refractivity contribution in [3.63, 3.8) is 0 Å². The van der Waals surface area contributed by atoms with Crippen LogP contribution in [0.5, 0.6) is 0 Å². The van der Waals surface area contributed by atoms with Crippen molar-refractivity contribution >= 4 is 15.8 Å². The van der Waals surface area contributed by atoms with Crippen LogP contribution in [-0.2, 0) is 14.6 Å². The molecule has 1 rings (SSSR count). The summed E-state index contributed by atoms with van der Waals surface area (Å²) in [6.45, 7) is 10.8. The van der Waals surface area contributed by atoms with Gasteiger partial charge < -0.3 is 15.4 Å². The van der Waals surface area contributed by atoms with Gasteiger partial charge in [0.05, 0.1) is 19.0 Å². The Balaban J connectivity index is 2.50. The van der Waals surface area contributed by atoms with E-state index >= 15 is 0 Å². The van der Waals surface area contributed by atoms with E-state index in [2.05, 4.69) is 34.4 Å². The minimum Gasteiger partial charge on any atom is -0.379 e. The summed E-state index contributed by atoms with van der Waals surface area (Å²) in [6, 6.07) is 0.488. The fraction of sp³-hybridized carbons (Fsp3) is 0.941. The molecule has 0 aromatic carbocycles. The SMILES string of the molecule is CN=C(NCC(CC(C)C)N1CCOCC1)NC(C)CCS(C)(=O)=O. The quantitative estimate of drug-likeness (QED) is 0.456. The second kappa shape index (κ2) is 11.0. The lowest BCUT2D eigenvalue weighted by Gasteiger charge is -2.36. The van der Waals surface area contributed by atoms with Gasteiger partial charge in [-0.2, -0.15) is 0 Å². The molecule has 25 heavy (non-hydrogen) atoms. The molecule has 2 N–H and O–H groups in total. The number of morpholine rings is 1. The Labute approximate surface area is 153 Å². The van der Waals surface area contributed by atoms with Gasteiger partial charge in [-0.25, -0.2) is 8.42 Å². The Hall–Kier alpha value is -0.860. The molecular weight excluding hydrogens is 340 g/mol. The molecule has 2 unspecified atom stereocenters. The van der Waals surface area contributed by atoms with Crippen molar-refractivity contribution in [2.75, 3.05) is 51.9 Å². The van der Waals surface area contributed by atoms with Crippen LogP contribution in [-0.4, -0.2) is 83.3 Å². The van der Waals surface area contributed by atoms with E-state index in [1.807, 2.05) is 6.92 Å². The second-order valence-corrected chi connectivity index (χ2v) is 9.61. The van der Waals surface area contributed by atoms with Gasteiger partial charge in [-0.05, 0) is 25.7 Å². The molecular formula is C17H36N4O3S. The molecule has 7 nitrogen and oxygen atoms in total. The fourth-order valence-electron chi connectivity index (χ4n) is 2.95. The zero-order valence-corrected chi connectivity index (χ0v) is 17.2. The van der Waals surface area contributed by atoms with Crippen molar-refractivity contribution in [1.29, 1.82) is 0 Å². The van der Waals surface area contributed by atoms with E-state index in [-0.39, 0.29) is 11.8 Å². The third-order valence-corrected chi connectivity index (χ3v) is 5.32. The summed E-state index contributed by atoms with van der Waals surface area (Å²) in [5.41, 5.74) is 0. The normalized spacial score (nSPS) is 19.7. The Bertz CT molecular complexity index is 502. The van der Waals surface area contributed by atoms with Crippen molar-refractivity contribution < 1.29 is 13.2 Å². The maximum atomic E-state index is 11.3. The molecule has 0 aromatic heterocycles. The van der Waals surface area contributed by atoms with Crippen LogP contribution in [0, 0.1) is 5.92 Å². The lowest BCUT2D eigenvalue weighted by molar-refractivity contribution is 0.0132. The summed E-state index contributed by atoms with van der Waals surface area (Å²) < 4.78 is 28.1. The molecule has 1 aliphatic heterocycles. The summed E-state index contributed by atoms with van der Waals surface area (Å²) >= 11 is 0. The van der Waals surface area contributed by atoms with Crippen LogP contribution < -0.4 is 10.6 Å². The van der Waals surface area contributed by atoms with Crippen LogP contribution in [0.15, 0.2) is 4.99 Å². The molecule has 1 saturated heterocycles. The number of ether oxygens (including phenoxy) is 1. The standard InChI is InChI=1S/C17H36N4O3S/c1-14(2)12-16(21-7-9-24-10-8-21)13-19-17(18-4)20-15(3)6-11-25(5,22)23/h14-16H,6-13H2,1-5H3,(H2,18,19,20). The number of aliphatic imine (C=N–C) groups is 1. The topological polar surface area (TPSA) is 83.0 Å². The molecule has 0 amide bonds. The van der Waals surface area contributed by atoms with Crippen molar-refractivity contribution in [2.24, 2.45) is 10.9 Å². The smallest absolute Gasteiger partial charge is 0.191 e. The number of rotatable bonds is 9. The Kier molecular flexibility index (Phi) is 9.74. The average molecular weight is 377 g/mol. The van der Waals surface area contributed by atoms with Crippen LogP contribution >= 0.6 is 0 Å². The van der Waals surface area contributed by atoms with Crippen LogP contribution in [0.25, 0.3) is 0 Å². The molecule has 148 valence electrons.